The monoisotopic (exact) mass is 441 g/mol. The van der Waals surface area contributed by atoms with Gasteiger partial charge in [-0.15, -0.1) is 11.3 Å². The van der Waals surface area contributed by atoms with Crippen LogP contribution in [0.1, 0.15) is 65.6 Å². The lowest BCUT2D eigenvalue weighted by Crippen LogP contribution is -2.22. The molecule has 0 radical (unpaired) electrons. The van der Waals surface area contributed by atoms with Crippen molar-refractivity contribution >= 4 is 11.3 Å². The van der Waals surface area contributed by atoms with E-state index >= 15 is 0 Å². The lowest BCUT2D eigenvalue weighted by Gasteiger charge is -2.27. The van der Waals surface area contributed by atoms with Gasteiger partial charge in [0.2, 0.25) is 0 Å². The van der Waals surface area contributed by atoms with E-state index in [0.29, 0.717) is 5.41 Å². The molecule has 2 heterocycles. The molecular weight excluding hydrogens is 398 g/mol. The van der Waals surface area contributed by atoms with E-state index in [-0.39, 0.29) is 0 Å². The third kappa shape index (κ3) is 9.73. The number of nitrogens with zero attached hydrogens (tertiary/aromatic N) is 2. The van der Waals surface area contributed by atoms with Gasteiger partial charge in [0.25, 0.3) is 0 Å². The first-order valence-electron chi connectivity index (χ1n) is 11.5. The molecule has 3 rings (SSSR count). The van der Waals surface area contributed by atoms with Crippen LogP contribution in [-0.4, -0.2) is 23.0 Å². The minimum Gasteiger partial charge on any atom is -0.387 e. The van der Waals surface area contributed by atoms with Gasteiger partial charge in [0, 0.05) is 25.3 Å². The molecule has 31 heavy (non-hydrogen) atoms. The van der Waals surface area contributed by atoms with E-state index in [4.69, 9.17) is 0 Å². The summed E-state index contributed by atoms with van der Waals surface area (Å²) in [5, 5.41) is 3.08. The van der Waals surface area contributed by atoms with Crippen LogP contribution in [0.5, 0.6) is 0 Å². The molecule has 1 atom stereocenters. The fourth-order valence-corrected chi connectivity index (χ4v) is 4.30. The summed E-state index contributed by atoms with van der Waals surface area (Å²) in [6.07, 6.45) is 4.17. The fraction of sp³-hybridized carbons (Fsp3) is 0.519. The zero-order valence-electron chi connectivity index (χ0n) is 20.8. The van der Waals surface area contributed by atoms with Gasteiger partial charge >= 0.3 is 0 Å². The number of nitrogens with one attached hydrogen (secondary N) is 1. The minimum atomic E-state index is 0.378. The fourth-order valence-electron chi connectivity index (χ4n) is 3.49. The number of likely N-dealkylation sites (tertiary alicyclic amines) is 1. The third-order valence-corrected chi connectivity index (χ3v) is 6.00. The van der Waals surface area contributed by atoms with Crippen molar-refractivity contribution in [2.45, 2.75) is 67.9 Å². The summed E-state index contributed by atoms with van der Waals surface area (Å²) in [5.41, 5.74) is 7.19. The molecule has 1 saturated heterocycles. The van der Waals surface area contributed by atoms with Crippen LogP contribution in [0.2, 0.25) is 0 Å². The van der Waals surface area contributed by atoms with Crippen LogP contribution in [-0.2, 0) is 6.54 Å². The summed E-state index contributed by atoms with van der Waals surface area (Å²) in [4.78, 5) is 7.97. The lowest BCUT2D eigenvalue weighted by atomic mass is 9.90. The number of aryl methyl sites for hydroxylation is 1. The van der Waals surface area contributed by atoms with E-state index in [0.717, 1.165) is 24.6 Å². The molecule has 0 bridgehead atoms. The van der Waals surface area contributed by atoms with Crippen molar-refractivity contribution in [2.75, 3.05) is 13.1 Å². The molecule has 1 fully saturated rings. The van der Waals surface area contributed by atoms with Gasteiger partial charge in [0.15, 0.2) is 0 Å². The molecular formula is C27H43N3S. The molecule has 2 aromatic rings. The normalized spacial score (nSPS) is 15.3. The van der Waals surface area contributed by atoms with Gasteiger partial charge in [0.05, 0.1) is 16.1 Å². The Morgan fingerprint density at radius 2 is 1.90 bits per heavy atom. The molecule has 1 unspecified atom stereocenters. The number of rotatable bonds is 6. The Balaban J connectivity index is 0.000000293. The number of hydrogen-bond acceptors (Lipinski definition) is 4. The van der Waals surface area contributed by atoms with Gasteiger partial charge in [-0.05, 0) is 48.4 Å². The Hall–Kier alpha value is -2.07. The third-order valence-electron chi connectivity index (χ3n) is 5.02. The Bertz CT molecular complexity index is 784. The molecule has 1 aromatic heterocycles. The summed E-state index contributed by atoms with van der Waals surface area (Å²) >= 11 is 1.68. The number of benzene rings is 1. The van der Waals surface area contributed by atoms with Gasteiger partial charge in [-0.3, -0.25) is 0 Å². The van der Waals surface area contributed by atoms with Gasteiger partial charge in [-0.1, -0.05) is 79.0 Å². The van der Waals surface area contributed by atoms with Crippen molar-refractivity contribution in [2.24, 2.45) is 11.3 Å². The SMILES string of the molecule is C=C(CC(C)(C)C)N1CCC(C)C1.C=CNCc1ccc(-c2scnc2C)cc1.CC. The summed E-state index contributed by atoms with van der Waals surface area (Å²) in [6, 6.07) is 8.54. The van der Waals surface area contributed by atoms with Crippen molar-refractivity contribution in [3.63, 3.8) is 0 Å². The van der Waals surface area contributed by atoms with Crippen LogP contribution in [0.3, 0.4) is 0 Å². The maximum absolute atomic E-state index is 4.26. The van der Waals surface area contributed by atoms with Crippen LogP contribution in [0.4, 0.5) is 0 Å². The van der Waals surface area contributed by atoms with Gasteiger partial charge in [-0.2, -0.15) is 0 Å². The second kappa shape index (κ2) is 13.4. The van der Waals surface area contributed by atoms with Gasteiger partial charge in [0.1, 0.15) is 0 Å². The molecule has 0 amide bonds. The predicted molar refractivity (Wildman–Crippen MR) is 139 cm³/mol. The van der Waals surface area contributed by atoms with E-state index in [1.54, 1.807) is 17.5 Å². The summed E-state index contributed by atoms with van der Waals surface area (Å²) < 4.78 is 0. The second-order valence-corrected chi connectivity index (χ2v) is 10.0. The average Bonchev–Trinajstić information content (AvgIpc) is 3.36. The highest BCUT2D eigenvalue weighted by molar-refractivity contribution is 7.13. The summed E-state index contributed by atoms with van der Waals surface area (Å²) in [6.45, 7) is 26.3. The highest BCUT2D eigenvalue weighted by Gasteiger charge is 2.22. The molecule has 172 valence electrons. The van der Waals surface area contributed by atoms with Gasteiger partial charge in [-0.25, -0.2) is 4.98 Å². The quantitative estimate of drug-likeness (QED) is 0.499. The molecule has 1 aromatic carbocycles. The van der Waals surface area contributed by atoms with Crippen molar-refractivity contribution in [1.82, 2.24) is 15.2 Å². The van der Waals surface area contributed by atoms with Gasteiger partial charge < -0.3 is 10.2 Å². The van der Waals surface area contributed by atoms with E-state index in [2.05, 4.69) is 80.3 Å². The number of aromatic nitrogens is 1. The maximum atomic E-state index is 4.26. The molecule has 4 heteroatoms. The van der Waals surface area contributed by atoms with E-state index in [1.165, 1.54) is 41.2 Å². The Morgan fingerprint density at radius 1 is 1.26 bits per heavy atom. The average molecular weight is 442 g/mol. The zero-order valence-corrected chi connectivity index (χ0v) is 21.6. The van der Waals surface area contributed by atoms with Crippen LogP contribution in [0.25, 0.3) is 10.4 Å². The highest BCUT2D eigenvalue weighted by atomic mass is 32.1. The minimum absolute atomic E-state index is 0.378. The first kappa shape index (κ1) is 27.0. The molecule has 1 aliphatic heterocycles. The van der Waals surface area contributed by atoms with Crippen LogP contribution in [0.15, 0.2) is 54.8 Å². The number of thiazole rings is 1. The van der Waals surface area contributed by atoms with Crippen molar-refractivity contribution in [3.8, 4) is 10.4 Å². The Morgan fingerprint density at radius 3 is 2.35 bits per heavy atom. The lowest BCUT2D eigenvalue weighted by molar-refractivity contribution is 0.324. The van der Waals surface area contributed by atoms with Crippen molar-refractivity contribution in [3.05, 3.63) is 66.1 Å². The summed E-state index contributed by atoms with van der Waals surface area (Å²) in [5.74, 6) is 0.858. The highest BCUT2D eigenvalue weighted by Crippen LogP contribution is 2.29. The second-order valence-electron chi connectivity index (χ2n) is 9.19. The Labute approximate surface area is 195 Å². The van der Waals surface area contributed by atoms with Crippen molar-refractivity contribution in [1.29, 1.82) is 0 Å². The molecule has 1 N–H and O–H groups in total. The zero-order chi connectivity index (χ0) is 23.4. The maximum Gasteiger partial charge on any atom is 0.0801 e. The largest absolute Gasteiger partial charge is 0.387 e. The number of allylic oxidation sites excluding steroid dienone is 1. The standard InChI is InChI=1S/C13H14N2S.C12H23N.C2H6/c1-3-14-8-11-4-6-12(7-5-11)13-10(2)15-9-16-13;1-10-6-7-13(9-10)11(2)8-12(3,4)5;1-2/h3-7,9,14H,1,8H2,2H3;10H,2,6-9H2,1,3-5H3;1-2H3. The molecule has 0 aliphatic carbocycles. The molecule has 1 aliphatic rings. The van der Waals surface area contributed by atoms with Crippen LogP contribution < -0.4 is 5.32 Å². The number of hydrogen-bond donors (Lipinski definition) is 1. The van der Waals surface area contributed by atoms with E-state index in [1.807, 2.05) is 26.3 Å². The first-order valence-corrected chi connectivity index (χ1v) is 12.3. The first-order chi connectivity index (χ1) is 14.7. The van der Waals surface area contributed by atoms with Crippen molar-refractivity contribution < 1.29 is 0 Å². The van der Waals surface area contributed by atoms with E-state index in [9.17, 15) is 0 Å². The smallest absolute Gasteiger partial charge is 0.0801 e. The Kier molecular flexibility index (Phi) is 11.6. The van der Waals surface area contributed by atoms with Crippen LogP contribution in [0, 0.1) is 18.3 Å². The molecule has 3 nitrogen and oxygen atoms in total. The summed E-state index contributed by atoms with van der Waals surface area (Å²) in [7, 11) is 0. The predicted octanol–water partition coefficient (Wildman–Crippen LogP) is 7.66. The van der Waals surface area contributed by atoms with Crippen LogP contribution >= 0.6 is 11.3 Å². The molecule has 0 saturated carbocycles. The topological polar surface area (TPSA) is 28.2 Å². The molecule has 0 spiro atoms. The van der Waals surface area contributed by atoms with E-state index < -0.39 is 0 Å².